The van der Waals surface area contributed by atoms with E-state index in [0.29, 0.717) is 16.5 Å². The minimum Gasteiger partial charge on any atom is -0.496 e. The van der Waals surface area contributed by atoms with Crippen LogP contribution in [0.3, 0.4) is 0 Å². The normalized spacial score (nSPS) is 15.4. The van der Waals surface area contributed by atoms with Crippen LogP contribution in [0.2, 0.25) is 10.0 Å². The number of nitrogens with zero attached hydrogens (tertiary/aromatic N) is 2. The molecule has 1 aliphatic rings. The Morgan fingerprint density at radius 2 is 1.78 bits per heavy atom. The number of hydrogen-bond acceptors (Lipinski definition) is 6. The van der Waals surface area contributed by atoms with Crippen molar-refractivity contribution < 1.29 is 18.7 Å². The lowest BCUT2D eigenvalue weighted by Crippen LogP contribution is -2.40. The first-order chi connectivity index (χ1) is 17.7. The van der Waals surface area contributed by atoms with Gasteiger partial charge in [0, 0.05) is 22.2 Å². The minimum atomic E-state index is -0.639. The van der Waals surface area contributed by atoms with Crippen LogP contribution in [0.1, 0.15) is 36.7 Å². The molecular weight excluding hydrogens is 516 g/mol. The predicted molar refractivity (Wildman–Crippen MR) is 145 cm³/mol. The Morgan fingerprint density at radius 1 is 1.05 bits per heavy atom. The molecule has 0 bridgehead atoms. The number of methoxy groups -OCH3 is 2. The van der Waals surface area contributed by atoms with E-state index in [2.05, 4.69) is 10.3 Å². The molecule has 0 amide bonds. The Hall–Kier alpha value is -3.42. The molecule has 1 aliphatic heterocycles. The van der Waals surface area contributed by atoms with Gasteiger partial charge in [-0.05, 0) is 56.7 Å². The summed E-state index contributed by atoms with van der Waals surface area (Å²) in [6.07, 6.45) is -0.617. The van der Waals surface area contributed by atoms with Crippen molar-refractivity contribution in [3.05, 3.63) is 98.9 Å². The predicted octanol–water partition coefficient (Wildman–Crippen LogP) is 7.04. The third-order valence-electron chi connectivity index (χ3n) is 6.22. The van der Waals surface area contributed by atoms with Gasteiger partial charge in [-0.2, -0.15) is 0 Å². The molecule has 4 rings (SSSR count). The maximum Gasteiger partial charge on any atom is 0.358 e. The summed E-state index contributed by atoms with van der Waals surface area (Å²) in [5.41, 5.74) is 6.46. The zero-order valence-corrected chi connectivity index (χ0v) is 22.7. The first-order valence-corrected chi connectivity index (χ1v) is 12.4. The van der Waals surface area contributed by atoms with E-state index in [-0.39, 0.29) is 22.4 Å². The molecule has 0 saturated heterocycles. The van der Waals surface area contributed by atoms with Crippen molar-refractivity contribution in [2.24, 2.45) is 0 Å². The van der Waals surface area contributed by atoms with E-state index in [1.54, 1.807) is 30.3 Å². The molecule has 0 radical (unpaired) electrons. The molecule has 6 nitrogen and oxygen atoms in total. The summed E-state index contributed by atoms with van der Waals surface area (Å²) in [5, 5.41) is 2.14. The van der Waals surface area contributed by atoms with E-state index in [4.69, 9.17) is 32.7 Å². The van der Waals surface area contributed by atoms with Crippen molar-refractivity contribution >= 4 is 40.6 Å². The monoisotopic (exact) mass is 543 g/mol. The highest BCUT2D eigenvalue weighted by molar-refractivity contribution is 6.31. The number of halogens is 3. The lowest BCUT2D eigenvalue weighted by Gasteiger charge is -2.38. The van der Waals surface area contributed by atoms with Gasteiger partial charge in [-0.25, -0.2) is 9.18 Å². The fourth-order valence-corrected chi connectivity index (χ4v) is 5.00. The number of para-hydroxylation sites is 1. The second-order valence-electron chi connectivity index (χ2n) is 8.85. The highest BCUT2D eigenvalue weighted by atomic mass is 35.5. The number of ether oxygens (including phenoxy) is 2. The molecular formula is C28H28Cl2FN3O3. The fourth-order valence-electron chi connectivity index (χ4n) is 4.60. The molecule has 37 heavy (non-hydrogen) atoms. The van der Waals surface area contributed by atoms with Gasteiger partial charge in [-0.1, -0.05) is 53.5 Å². The number of aryl methyl sites for hydroxylation is 1. The van der Waals surface area contributed by atoms with Gasteiger partial charge in [0.15, 0.2) is 17.7 Å². The second kappa shape index (κ2) is 10.9. The lowest BCUT2D eigenvalue weighted by molar-refractivity contribution is -0.137. The highest BCUT2D eigenvalue weighted by Crippen LogP contribution is 2.48. The molecule has 1 N–H and O–H groups in total. The number of benzene rings is 3. The number of esters is 1. The number of rotatable bonds is 7. The molecule has 194 valence electrons. The molecule has 0 saturated carbocycles. The zero-order valence-electron chi connectivity index (χ0n) is 21.2. The third kappa shape index (κ3) is 4.93. The SMILES string of the molecule is COC(=O)C1=C(c2ccc(Cl)cc2C)N(C(C)C)C(c2ccccc2OC)N1Nc1cccc(Cl)c1F. The number of nitrogens with one attached hydrogen (secondary N) is 1. The van der Waals surface area contributed by atoms with Gasteiger partial charge in [0.1, 0.15) is 5.75 Å². The number of carbonyl (C=O) groups excluding carboxylic acids is 1. The van der Waals surface area contributed by atoms with Crippen LogP contribution in [0.4, 0.5) is 10.1 Å². The third-order valence-corrected chi connectivity index (χ3v) is 6.75. The van der Waals surface area contributed by atoms with Crippen LogP contribution < -0.4 is 10.2 Å². The average molecular weight is 544 g/mol. The van der Waals surface area contributed by atoms with Gasteiger partial charge in [-0.3, -0.25) is 10.4 Å². The van der Waals surface area contributed by atoms with Crippen molar-refractivity contribution in [1.29, 1.82) is 0 Å². The second-order valence-corrected chi connectivity index (χ2v) is 9.69. The van der Waals surface area contributed by atoms with Gasteiger partial charge < -0.3 is 14.4 Å². The summed E-state index contributed by atoms with van der Waals surface area (Å²) in [6, 6.07) is 17.5. The van der Waals surface area contributed by atoms with Crippen LogP contribution in [0.15, 0.2) is 66.4 Å². The van der Waals surface area contributed by atoms with E-state index in [0.717, 1.165) is 16.7 Å². The summed E-state index contributed by atoms with van der Waals surface area (Å²) in [6.45, 7) is 5.96. The fraction of sp³-hybridized carbons (Fsp3) is 0.250. The molecule has 1 heterocycles. The van der Waals surface area contributed by atoms with Gasteiger partial charge in [0.2, 0.25) is 0 Å². The molecule has 0 aromatic heterocycles. The summed E-state index contributed by atoms with van der Waals surface area (Å²) >= 11 is 12.4. The van der Waals surface area contributed by atoms with E-state index in [9.17, 15) is 4.79 Å². The van der Waals surface area contributed by atoms with E-state index >= 15 is 4.39 Å². The maximum atomic E-state index is 15.1. The largest absolute Gasteiger partial charge is 0.496 e. The van der Waals surface area contributed by atoms with Crippen molar-refractivity contribution in [1.82, 2.24) is 9.91 Å². The standard InChI is InChI=1S/C28H28Cl2FN3O3/c1-16(2)33-25(19-14-13-18(29)15-17(19)3)26(28(35)37-5)34(32-22-11-8-10-21(30)24(22)31)27(33)20-9-6-7-12-23(20)36-4/h6-16,27,32H,1-5H3. The van der Waals surface area contributed by atoms with Crippen LogP contribution >= 0.6 is 23.2 Å². The molecule has 1 atom stereocenters. The number of hydrogen-bond donors (Lipinski definition) is 1. The van der Waals surface area contributed by atoms with Gasteiger partial charge >= 0.3 is 5.97 Å². The van der Waals surface area contributed by atoms with Crippen molar-refractivity contribution in [2.45, 2.75) is 33.0 Å². The Kier molecular flexibility index (Phi) is 7.85. The van der Waals surface area contributed by atoms with Crippen LogP contribution in [-0.4, -0.2) is 36.1 Å². The molecule has 1 unspecified atom stereocenters. The maximum absolute atomic E-state index is 15.1. The van der Waals surface area contributed by atoms with Crippen molar-refractivity contribution in [2.75, 3.05) is 19.6 Å². The molecule has 3 aromatic rings. The molecule has 0 aliphatic carbocycles. The van der Waals surface area contributed by atoms with Crippen LogP contribution in [0, 0.1) is 12.7 Å². The number of hydrazine groups is 1. The summed E-state index contributed by atoms with van der Waals surface area (Å²) in [5.74, 6) is -0.628. The summed E-state index contributed by atoms with van der Waals surface area (Å²) in [4.78, 5) is 15.5. The molecule has 9 heteroatoms. The van der Waals surface area contributed by atoms with Crippen LogP contribution in [-0.2, 0) is 9.53 Å². The minimum absolute atomic E-state index is 0.0453. The van der Waals surface area contributed by atoms with E-state index < -0.39 is 18.0 Å². The van der Waals surface area contributed by atoms with Crippen LogP contribution in [0.5, 0.6) is 5.75 Å². The Labute approximate surface area is 226 Å². The smallest absolute Gasteiger partial charge is 0.358 e. The Balaban J connectivity index is 2.05. The van der Waals surface area contributed by atoms with Crippen molar-refractivity contribution in [3.63, 3.8) is 0 Å². The average Bonchev–Trinajstić information content (AvgIpc) is 3.20. The molecule has 3 aromatic carbocycles. The summed E-state index contributed by atoms with van der Waals surface area (Å²) in [7, 11) is 2.90. The van der Waals surface area contributed by atoms with Crippen LogP contribution in [0.25, 0.3) is 5.70 Å². The van der Waals surface area contributed by atoms with Crippen molar-refractivity contribution in [3.8, 4) is 5.75 Å². The topological polar surface area (TPSA) is 54.0 Å². The number of carbonyl (C=O) groups is 1. The molecule has 0 spiro atoms. The van der Waals surface area contributed by atoms with E-state index in [1.807, 2.05) is 57.2 Å². The lowest BCUT2D eigenvalue weighted by atomic mass is 10.0. The van der Waals surface area contributed by atoms with Gasteiger partial charge in [0.05, 0.1) is 30.6 Å². The zero-order chi connectivity index (χ0) is 26.9. The summed E-state index contributed by atoms with van der Waals surface area (Å²) < 4.78 is 26.1. The van der Waals surface area contributed by atoms with Gasteiger partial charge in [-0.15, -0.1) is 0 Å². The molecule has 0 fully saturated rings. The van der Waals surface area contributed by atoms with E-state index in [1.165, 1.54) is 13.2 Å². The highest BCUT2D eigenvalue weighted by Gasteiger charge is 2.46. The Morgan fingerprint density at radius 3 is 2.43 bits per heavy atom. The Bertz CT molecular complexity index is 1360. The quantitative estimate of drug-likeness (QED) is 0.322. The first-order valence-electron chi connectivity index (χ1n) is 11.7. The first kappa shape index (κ1) is 26.6. The van der Waals surface area contributed by atoms with Gasteiger partial charge in [0.25, 0.3) is 0 Å². The number of anilines is 1.